The predicted molar refractivity (Wildman–Crippen MR) is 90.1 cm³/mol. The summed E-state index contributed by atoms with van der Waals surface area (Å²) >= 11 is 0. The zero-order valence-electron chi connectivity index (χ0n) is 14.2. The van der Waals surface area contributed by atoms with E-state index in [9.17, 15) is 9.90 Å². The minimum absolute atomic E-state index is 0.120. The first kappa shape index (κ1) is 17.2. The highest BCUT2D eigenvalue weighted by Gasteiger charge is 2.31. The monoisotopic (exact) mass is 336 g/mol. The third-order valence-corrected chi connectivity index (χ3v) is 5.07. The number of aliphatic hydroxyl groups is 1. The van der Waals surface area contributed by atoms with E-state index in [4.69, 9.17) is 5.73 Å². The first-order valence-corrected chi connectivity index (χ1v) is 8.91. The number of hydrogen-bond acceptors (Lipinski definition) is 6. The minimum Gasteiger partial charge on any atom is -0.396 e. The van der Waals surface area contributed by atoms with Crippen LogP contribution >= 0.6 is 0 Å². The normalized spacial score (nSPS) is 25.3. The van der Waals surface area contributed by atoms with Crippen LogP contribution in [0.2, 0.25) is 0 Å². The number of piperidine rings is 1. The second-order valence-corrected chi connectivity index (χ2v) is 7.10. The molecule has 0 saturated carbocycles. The maximum Gasteiger partial charge on any atom is 0.239 e. The van der Waals surface area contributed by atoms with Crippen LogP contribution in [0.5, 0.6) is 0 Å². The Balaban J connectivity index is 1.52. The smallest absolute Gasteiger partial charge is 0.239 e. The molecule has 8 heteroatoms. The molecule has 3 heterocycles. The molecule has 4 N–H and O–H groups in total. The zero-order valence-corrected chi connectivity index (χ0v) is 14.2. The van der Waals surface area contributed by atoms with E-state index in [1.807, 2.05) is 4.90 Å². The fourth-order valence-electron chi connectivity index (χ4n) is 3.92. The summed E-state index contributed by atoms with van der Waals surface area (Å²) in [5.41, 5.74) is 5.48. The van der Waals surface area contributed by atoms with Gasteiger partial charge in [-0.1, -0.05) is 0 Å². The first-order chi connectivity index (χ1) is 11.6. The Bertz CT molecular complexity index is 542. The second-order valence-electron chi connectivity index (χ2n) is 7.10. The number of hydrogen-bond donors (Lipinski definition) is 3. The summed E-state index contributed by atoms with van der Waals surface area (Å²) in [5, 5.41) is 16.1. The summed E-state index contributed by atoms with van der Waals surface area (Å²) in [5.74, 6) is 1.62. The molecule has 2 aliphatic rings. The lowest BCUT2D eigenvalue weighted by atomic mass is 9.89. The van der Waals surface area contributed by atoms with Crippen molar-refractivity contribution in [2.75, 3.05) is 45.1 Å². The summed E-state index contributed by atoms with van der Waals surface area (Å²) in [7, 11) is 0. The molecule has 3 rings (SSSR count). The van der Waals surface area contributed by atoms with Gasteiger partial charge in [0.15, 0.2) is 0 Å². The van der Waals surface area contributed by atoms with Crippen molar-refractivity contribution >= 4 is 11.9 Å². The number of likely N-dealkylation sites (tertiary alicyclic amines) is 2. The van der Waals surface area contributed by atoms with Gasteiger partial charge >= 0.3 is 0 Å². The number of amides is 1. The maximum absolute atomic E-state index is 12.6. The van der Waals surface area contributed by atoms with Crippen molar-refractivity contribution in [1.29, 1.82) is 0 Å². The highest BCUT2D eigenvalue weighted by atomic mass is 16.3. The number of nitrogens with one attached hydrogen (secondary N) is 1. The Kier molecular flexibility index (Phi) is 5.68. The number of carbonyl (C=O) groups is 1. The highest BCUT2D eigenvalue weighted by Crippen LogP contribution is 2.24. The summed E-state index contributed by atoms with van der Waals surface area (Å²) in [6.45, 7) is 4.98. The topological polar surface area (TPSA) is 111 Å². The Labute approximate surface area is 142 Å². The predicted octanol–water partition coefficient (Wildman–Crippen LogP) is -0.128. The maximum atomic E-state index is 12.6. The van der Waals surface area contributed by atoms with Gasteiger partial charge in [0.25, 0.3) is 0 Å². The molecule has 0 spiro atoms. The summed E-state index contributed by atoms with van der Waals surface area (Å²) in [6, 6.07) is 0. The second kappa shape index (κ2) is 7.94. The molecule has 1 aromatic heterocycles. The average Bonchev–Trinajstić information content (AvgIpc) is 3.24. The Morgan fingerprint density at radius 3 is 2.71 bits per heavy atom. The number of aromatic nitrogens is 3. The van der Waals surface area contributed by atoms with E-state index in [-0.39, 0.29) is 24.4 Å². The van der Waals surface area contributed by atoms with Crippen LogP contribution in [0.3, 0.4) is 0 Å². The van der Waals surface area contributed by atoms with Crippen LogP contribution < -0.4 is 5.73 Å². The van der Waals surface area contributed by atoms with Gasteiger partial charge in [0, 0.05) is 39.1 Å². The number of anilines is 1. The molecular formula is C16H28N6O2. The Morgan fingerprint density at radius 2 is 2.04 bits per heavy atom. The van der Waals surface area contributed by atoms with Crippen LogP contribution in [0, 0.1) is 11.8 Å². The van der Waals surface area contributed by atoms with Gasteiger partial charge in [-0.15, -0.1) is 5.10 Å². The molecule has 2 aliphatic heterocycles. The number of nitrogens with two attached hydrogens (primary N) is 1. The van der Waals surface area contributed by atoms with Crippen LogP contribution in [0.25, 0.3) is 0 Å². The van der Waals surface area contributed by atoms with Crippen molar-refractivity contribution in [3.05, 3.63) is 5.82 Å². The lowest BCUT2D eigenvalue weighted by Gasteiger charge is -2.38. The van der Waals surface area contributed by atoms with E-state index in [1.165, 1.54) is 25.9 Å². The molecule has 0 aromatic carbocycles. The fraction of sp³-hybridized carbons (Fsp3) is 0.812. The van der Waals surface area contributed by atoms with Crippen LogP contribution in [0.4, 0.5) is 5.95 Å². The molecule has 0 unspecified atom stereocenters. The van der Waals surface area contributed by atoms with Crippen LogP contribution in [0.15, 0.2) is 0 Å². The number of aliphatic hydroxyl groups excluding tert-OH is 1. The third-order valence-electron chi connectivity index (χ3n) is 5.07. The zero-order chi connectivity index (χ0) is 16.9. The molecule has 1 amide bonds. The third kappa shape index (κ3) is 4.45. The van der Waals surface area contributed by atoms with Gasteiger partial charge in [-0.2, -0.15) is 4.98 Å². The quantitative estimate of drug-likeness (QED) is 0.667. The van der Waals surface area contributed by atoms with Gasteiger partial charge in [-0.05, 0) is 44.2 Å². The number of aromatic amines is 1. The summed E-state index contributed by atoms with van der Waals surface area (Å²) in [6.07, 6.45) is 4.47. The van der Waals surface area contributed by atoms with Crippen molar-refractivity contribution in [2.24, 2.45) is 11.8 Å². The molecule has 1 aromatic rings. The van der Waals surface area contributed by atoms with E-state index >= 15 is 0 Å². The number of nitrogen functional groups attached to an aromatic ring is 1. The molecule has 24 heavy (non-hydrogen) atoms. The van der Waals surface area contributed by atoms with Crippen molar-refractivity contribution in [3.63, 3.8) is 0 Å². The molecule has 0 bridgehead atoms. The van der Waals surface area contributed by atoms with Gasteiger partial charge in [-0.25, -0.2) is 0 Å². The van der Waals surface area contributed by atoms with E-state index in [0.29, 0.717) is 31.1 Å². The number of aryl methyl sites for hydroxylation is 1. The number of nitrogens with zero attached hydrogens (tertiary/aromatic N) is 4. The molecule has 0 aliphatic carbocycles. The molecule has 2 saturated heterocycles. The SMILES string of the molecule is Nc1n[nH]c(CCC(=O)N2C[C@H](CO)C[C@@H](CN3CCCC3)C2)n1. The van der Waals surface area contributed by atoms with Gasteiger partial charge in [-0.3, -0.25) is 9.89 Å². The van der Waals surface area contributed by atoms with E-state index in [0.717, 1.165) is 19.5 Å². The van der Waals surface area contributed by atoms with Crippen LogP contribution in [-0.4, -0.2) is 75.3 Å². The molecular weight excluding hydrogens is 308 g/mol. The van der Waals surface area contributed by atoms with Gasteiger partial charge in [0.05, 0.1) is 0 Å². The highest BCUT2D eigenvalue weighted by molar-refractivity contribution is 5.76. The lowest BCUT2D eigenvalue weighted by molar-refractivity contribution is -0.134. The number of rotatable bonds is 6. The lowest BCUT2D eigenvalue weighted by Crippen LogP contribution is -2.47. The largest absolute Gasteiger partial charge is 0.396 e. The van der Waals surface area contributed by atoms with E-state index < -0.39 is 0 Å². The van der Waals surface area contributed by atoms with Gasteiger partial charge in [0.1, 0.15) is 5.82 Å². The average molecular weight is 336 g/mol. The van der Waals surface area contributed by atoms with Crippen molar-refractivity contribution in [3.8, 4) is 0 Å². The summed E-state index contributed by atoms with van der Waals surface area (Å²) < 4.78 is 0. The molecule has 2 atom stereocenters. The van der Waals surface area contributed by atoms with Crippen LogP contribution in [0.1, 0.15) is 31.5 Å². The van der Waals surface area contributed by atoms with Crippen LogP contribution in [-0.2, 0) is 11.2 Å². The van der Waals surface area contributed by atoms with Crippen molar-refractivity contribution in [2.45, 2.75) is 32.1 Å². The Morgan fingerprint density at radius 1 is 1.29 bits per heavy atom. The number of H-pyrrole nitrogens is 1. The van der Waals surface area contributed by atoms with Gasteiger partial charge < -0.3 is 20.6 Å². The molecule has 0 radical (unpaired) electrons. The fourth-order valence-corrected chi connectivity index (χ4v) is 3.92. The summed E-state index contributed by atoms with van der Waals surface area (Å²) in [4.78, 5) is 21.0. The van der Waals surface area contributed by atoms with E-state index in [2.05, 4.69) is 20.1 Å². The van der Waals surface area contributed by atoms with Crippen molar-refractivity contribution < 1.29 is 9.90 Å². The molecule has 134 valence electrons. The minimum atomic E-state index is 0.120. The number of carbonyl (C=O) groups excluding carboxylic acids is 1. The van der Waals surface area contributed by atoms with E-state index in [1.54, 1.807) is 0 Å². The molecule has 8 nitrogen and oxygen atoms in total. The van der Waals surface area contributed by atoms with Crippen molar-refractivity contribution in [1.82, 2.24) is 25.0 Å². The standard InChI is InChI=1S/C16H28N6O2/c17-16-18-14(19-20-16)3-4-15(24)22-9-12(7-13(10-22)11-23)8-21-5-1-2-6-21/h12-13,23H,1-11H2,(H3,17,18,19,20)/t12-,13+/m0/s1. The Hall–Kier alpha value is -1.67. The van der Waals surface area contributed by atoms with Gasteiger partial charge in [0.2, 0.25) is 11.9 Å². The first-order valence-electron chi connectivity index (χ1n) is 8.91. The molecule has 2 fully saturated rings.